The molecule has 1 heterocycles. The average Bonchev–Trinajstić information content (AvgIpc) is 2.71. The van der Waals surface area contributed by atoms with Crippen molar-refractivity contribution >= 4 is 0 Å². The van der Waals surface area contributed by atoms with Gasteiger partial charge >= 0.3 is 0 Å². The molecule has 0 bridgehead atoms. The highest BCUT2D eigenvalue weighted by Crippen LogP contribution is 2.26. The van der Waals surface area contributed by atoms with Crippen LogP contribution in [0.3, 0.4) is 0 Å². The second-order valence-electron chi connectivity index (χ2n) is 5.73. The minimum atomic E-state index is 0.372. The normalized spacial score (nSPS) is 34.8. The van der Waals surface area contributed by atoms with Crippen LogP contribution in [0.1, 0.15) is 46.0 Å². The Bertz CT molecular complexity index is 199. The molecule has 2 heteroatoms. The van der Waals surface area contributed by atoms with E-state index in [0.29, 0.717) is 5.54 Å². The molecule has 0 aromatic rings. The first-order chi connectivity index (χ1) is 7.22. The zero-order valence-corrected chi connectivity index (χ0v) is 10.4. The molecule has 0 radical (unpaired) electrons. The van der Waals surface area contributed by atoms with Crippen molar-refractivity contribution in [3.05, 3.63) is 0 Å². The van der Waals surface area contributed by atoms with Crippen LogP contribution in [0.5, 0.6) is 0 Å². The van der Waals surface area contributed by atoms with Gasteiger partial charge in [0.25, 0.3) is 0 Å². The van der Waals surface area contributed by atoms with Gasteiger partial charge in [-0.1, -0.05) is 19.8 Å². The summed E-state index contributed by atoms with van der Waals surface area (Å²) in [6, 6.07) is 0. The summed E-state index contributed by atoms with van der Waals surface area (Å²) in [6.45, 7) is 9.71. The van der Waals surface area contributed by atoms with Crippen molar-refractivity contribution in [3.8, 4) is 0 Å². The predicted molar refractivity (Wildman–Crippen MR) is 65.1 cm³/mol. The maximum atomic E-state index is 3.66. The molecule has 1 atom stereocenters. The fourth-order valence-corrected chi connectivity index (χ4v) is 3.10. The maximum absolute atomic E-state index is 3.66. The summed E-state index contributed by atoms with van der Waals surface area (Å²) in [5.74, 6) is 1.00. The van der Waals surface area contributed by atoms with Gasteiger partial charge in [0.2, 0.25) is 0 Å². The summed E-state index contributed by atoms with van der Waals surface area (Å²) in [5.41, 5.74) is 0.372. The first-order valence-corrected chi connectivity index (χ1v) is 6.69. The quantitative estimate of drug-likeness (QED) is 0.768. The standard InChI is InChI=1S/C13H26N2/c1-3-13(2)11-15(9-8-14-13)10-12-6-4-5-7-12/h12,14H,3-11H2,1-2H3. The molecule has 15 heavy (non-hydrogen) atoms. The van der Waals surface area contributed by atoms with Gasteiger partial charge in [0.1, 0.15) is 0 Å². The van der Waals surface area contributed by atoms with Gasteiger partial charge in [-0.2, -0.15) is 0 Å². The van der Waals surface area contributed by atoms with Crippen molar-refractivity contribution in [2.24, 2.45) is 5.92 Å². The van der Waals surface area contributed by atoms with E-state index in [1.807, 2.05) is 0 Å². The number of nitrogens with zero attached hydrogens (tertiary/aromatic N) is 1. The molecule has 0 aromatic heterocycles. The fourth-order valence-electron chi connectivity index (χ4n) is 3.10. The zero-order valence-electron chi connectivity index (χ0n) is 10.4. The Morgan fingerprint density at radius 1 is 1.33 bits per heavy atom. The molecule has 2 aliphatic rings. The Labute approximate surface area is 94.4 Å². The molecule has 2 rings (SSSR count). The van der Waals surface area contributed by atoms with Gasteiger partial charge in [-0.05, 0) is 32.1 Å². The van der Waals surface area contributed by atoms with Gasteiger partial charge in [0.15, 0.2) is 0 Å². The molecule has 2 fully saturated rings. The number of piperazine rings is 1. The Balaban J connectivity index is 1.81. The minimum Gasteiger partial charge on any atom is -0.309 e. The summed E-state index contributed by atoms with van der Waals surface area (Å²) < 4.78 is 0. The van der Waals surface area contributed by atoms with Crippen LogP contribution in [0.4, 0.5) is 0 Å². The lowest BCUT2D eigenvalue weighted by Crippen LogP contribution is -2.58. The Kier molecular flexibility index (Phi) is 3.68. The van der Waals surface area contributed by atoms with Crippen molar-refractivity contribution in [2.45, 2.75) is 51.5 Å². The lowest BCUT2D eigenvalue weighted by Gasteiger charge is -2.42. The van der Waals surface area contributed by atoms with E-state index in [0.717, 1.165) is 5.92 Å². The Hall–Kier alpha value is -0.0800. The van der Waals surface area contributed by atoms with E-state index in [-0.39, 0.29) is 0 Å². The third kappa shape index (κ3) is 2.94. The smallest absolute Gasteiger partial charge is 0.0278 e. The second kappa shape index (κ2) is 4.84. The van der Waals surface area contributed by atoms with Crippen molar-refractivity contribution in [3.63, 3.8) is 0 Å². The Morgan fingerprint density at radius 2 is 2.07 bits per heavy atom. The highest BCUT2D eigenvalue weighted by atomic mass is 15.2. The van der Waals surface area contributed by atoms with E-state index in [9.17, 15) is 0 Å². The van der Waals surface area contributed by atoms with Crippen molar-refractivity contribution in [1.82, 2.24) is 10.2 Å². The zero-order chi connectivity index (χ0) is 10.7. The summed E-state index contributed by atoms with van der Waals surface area (Å²) in [7, 11) is 0. The van der Waals surface area contributed by atoms with E-state index in [1.165, 1.54) is 58.3 Å². The molecule has 2 nitrogen and oxygen atoms in total. The van der Waals surface area contributed by atoms with Gasteiger partial charge in [-0.3, -0.25) is 4.90 Å². The van der Waals surface area contributed by atoms with Crippen LogP contribution in [-0.2, 0) is 0 Å². The fraction of sp³-hybridized carbons (Fsp3) is 1.00. The predicted octanol–water partition coefficient (Wildman–Crippen LogP) is 2.25. The van der Waals surface area contributed by atoms with E-state index in [1.54, 1.807) is 0 Å². The largest absolute Gasteiger partial charge is 0.309 e. The number of hydrogen-bond donors (Lipinski definition) is 1. The van der Waals surface area contributed by atoms with Crippen LogP contribution in [-0.4, -0.2) is 36.6 Å². The van der Waals surface area contributed by atoms with E-state index >= 15 is 0 Å². The third-order valence-electron chi connectivity index (χ3n) is 4.32. The maximum Gasteiger partial charge on any atom is 0.0278 e. The van der Waals surface area contributed by atoms with Gasteiger partial charge in [-0.15, -0.1) is 0 Å². The van der Waals surface area contributed by atoms with Crippen molar-refractivity contribution in [2.75, 3.05) is 26.2 Å². The molecule has 1 saturated carbocycles. The van der Waals surface area contributed by atoms with Crippen LogP contribution < -0.4 is 5.32 Å². The molecule has 0 amide bonds. The minimum absolute atomic E-state index is 0.372. The topological polar surface area (TPSA) is 15.3 Å². The first-order valence-electron chi connectivity index (χ1n) is 6.69. The van der Waals surface area contributed by atoms with Gasteiger partial charge < -0.3 is 5.32 Å². The summed E-state index contributed by atoms with van der Waals surface area (Å²) >= 11 is 0. The van der Waals surface area contributed by atoms with Crippen LogP contribution in [0.25, 0.3) is 0 Å². The Morgan fingerprint density at radius 3 is 2.73 bits per heavy atom. The molecule has 88 valence electrons. The SMILES string of the molecule is CCC1(C)CN(CC2CCCC2)CCN1. The molecule has 0 aromatic carbocycles. The van der Waals surface area contributed by atoms with E-state index in [2.05, 4.69) is 24.1 Å². The monoisotopic (exact) mass is 210 g/mol. The number of nitrogens with one attached hydrogen (secondary N) is 1. The summed E-state index contributed by atoms with van der Waals surface area (Å²) in [4.78, 5) is 2.69. The van der Waals surface area contributed by atoms with Crippen molar-refractivity contribution in [1.29, 1.82) is 0 Å². The second-order valence-corrected chi connectivity index (χ2v) is 5.73. The molecule has 1 saturated heterocycles. The molecule has 0 spiro atoms. The van der Waals surface area contributed by atoms with Crippen LogP contribution in [0.15, 0.2) is 0 Å². The highest BCUT2D eigenvalue weighted by molar-refractivity contribution is 4.90. The third-order valence-corrected chi connectivity index (χ3v) is 4.32. The molecular formula is C13H26N2. The van der Waals surface area contributed by atoms with Crippen LogP contribution in [0.2, 0.25) is 0 Å². The lowest BCUT2D eigenvalue weighted by molar-refractivity contribution is 0.123. The van der Waals surface area contributed by atoms with Crippen LogP contribution >= 0.6 is 0 Å². The lowest BCUT2D eigenvalue weighted by atomic mass is 9.95. The van der Waals surface area contributed by atoms with E-state index in [4.69, 9.17) is 0 Å². The van der Waals surface area contributed by atoms with Gasteiger partial charge in [0, 0.05) is 31.7 Å². The molecule has 1 aliphatic heterocycles. The molecule has 1 N–H and O–H groups in total. The summed E-state index contributed by atoms with van der Waals surface area (Å²) in [5, 5.41) is 3.66. The summed E-state index contributed by atoms with van der Waals surface area (Å²) in [6.07, 6.45) is 7.15. The van der Waals surface area contributed by atoms with Crippen molar-refractivity contribution < 1.29 is 0 Å². The highest BCUT2D eigenvalue weighted by Gasteiger charge is 2.30. The first kappa shape index (κ1) is 11.4. The number of hydrogen-bond acceptors (Lipinski definition) is 2. The average molecular weight is 210 g/mol. The van der Waals surface area contributed by atoms with E-state index < -0.39 is 0 Å². The molecular weight excluding hydrogens is 184 g/mol. The molecule has 1 aliphatic carbocycles. The number of rotatable bonds is 3. The molecule has 1 unspecified atom stereocenters. The van der Waals surface area contributed by atoms with Crippen LogP contribution in [0, 0.1) is 5.92 Å². The van der Waals surface area contributed by atoms with Gasteiger partial charge in [0.05, 0.1) is 0 Å². The van der Waals surface area contributed by atoms with Gasteiger partial charge in [-0.25, -0.2) is 0 Å².